The van der Waals surface area contributed by atoms with Crippen molar-refractivity contribution in [2.75, 3.05) is 26.2 Å². The summed E-state index contributed by atoms with van der Waals surface area (Å²) in [6, 6.07) is 1.60. The largest absolute Gasteiger partial charge is 0.304 e. The lowest BCUT2D eigenvalue weighted by Gasteiger charge is -2.43. The van der Waals surface area contributed by atoms with Gasteiger partial charge in [-0.3, -0.25) is 4.90 Å². The van der Waals surface area contributed by atoms with E-state index in [1.165, 1.54) is 58.3 Å². The van der Waals surface area contributed by atoms with Crippen molar-refractivity contribution in [1.82, 2.24) is 9.80 Å². The normalized spacial score (nSPS) is 35.7. The molecule has 2 fully saturated rings. The van der Waals surface area contributed by atoms with Crippen LogP contribution in [-0.2, 0) is 0 Å². The number of nitrogens with zero attached hydrogens (tertiary/aromatic N) is 2. The van der Waals surface area contributed by atoms with Gasteiger partial charge in [-0.05, 0) is 84.0 Å². The topological polar surface area (TPSA) is 6.48 Å². The van der Waals surface area contributed by atoms with Crippen LogP contribution in [0.3, 0.4) is 0 Å². The molecule has 2 aliphatic rings. The van der Waals surface area contributed by atoms with Crippen LogP contribution in [0, 0.1) is 11.8 Å². The highest BCUT2D eigenvalue weighted by Gasteiger charge is 2.29. The lowest BCUT2D eigenvalue weighted by atomic mass is 9.87. The zero-order chi connectivity index (χ0) is 13.8. The summed E-state index contributed by atoms with van der Waals surface area (Å²) in [6.45, 7) is 14.8. The van der Waals surface area contributed by atoms with Gasteiger partial charge in [0.25, 0.3) is 0 Å². The third-order valence-electron chi connectivity index (χ3n) is 5.57. The number of piperidine rings is 2. The molecule has 0 bridgehead atoms. The Labute approximate surface area is 120 Å². The van der Waals surface area contributed by atoms with Crippen LogP contribution in [0.25, 0.3) is 0 Å². The van der Waals surface area contributed by atoms with E-state index in [1.807, 2.05) is 0 Å². The molecule has 0 radical (unpaired) electrons. The monoisotopic (exact) mass is 266 g/mol. The van der Waals surface area contributed by atoms with E-state index in [-0.39, 0.29) is 0 Å². The fourth-order valence-corrected chi connectivity index (χ4v) is 4.33. The van der Waals surface area contributed by atoms with Gasteiger partial charge in [-0.1, -0.05) is 13.8 Å². The van der Waals surface area contributed by atoms with Crippen LogP contribution >= 0.6 is 0 Å². The molecule has 0 saturated carbocycles. The fraction of sp³-hybridized carbons (Fsp3) is 1.00. The Balaban J connectivity index is 1.73. The van der Waals surface area contributed by atoms with Gasteiger partial charge in [0.2, 0.25) is 0 Å². The van der Waals surface area contributed by atoms with Crippen LogP contribution in [0.2, 0.25) is 0 Å². The van der Waals surface area contributed by atoms with Crippen molar-refractivity contribution in [2.45, 2.75) is 71.9 Å². The maximum absolute atomic E-state index is 2.78. The first-order valence-corrected chi connectivity index (χ1v) is 8.58. The quantitative estimate of drug-likeness (QED) is 0.767. The molecule has 0 aromatic heterocycles. The second-order valence-corrected chi connectivity index (χ2v) is 7.18. The van der Waals surface area contributed by atoms with Gasteiger partial charge in [-0.2, -0.15) is 0 Å². The predicted octanol–water partition coefficient (Wildman–Crippen LogP) is 3.62. The first-order valence-electron chi connectivity index (χ1n) is 8.58. The van der Waals surface area contributed by atoms with Crippen LogP contribution < -0.4 is 0 Å². The Hall–Kier alpha value is -0.0800. The van der Waals surface area contributed by atoms with Crippen molar-refractivity contribution in [3.05, 3.63) is 0 Å². The summed E-state index contributed by atoms with van der Waals surface area (Å²) in [6.07, 6.45) is 7.10. The van der Waals surface area contributed by atoms with Crippen LogP contribution in [0.1, 0.15) is 59.8 Å². The van der Waals surface area contributed by atoms with Crippen molar-refractivity contribution in [1.29, 1.82) is 0 Å². The molecule has 2 heteroatoms. The van der Waals surface area contributed by atoms with Crippen molar-refractivity contribution >= 4 is 0 Å². The molecule has 0 amide bonds. The number of likely N-dealkylation sites (tertiary alicyclic amines) is 2. The molecule has 2 unspecified atom stereocenters. The van der Waals surface area contributed by atoms with Gasteiger partial charge in [0.1, 0.15) is 0 Å². The molecule has 2 saturated heterocycles. The van der Waals surface area contributed by atoms with Gasteiger partial charge >= 0.3 is 0 Å². The van der Waals surface area contributed by atoms with E-state index >= 15 is 0 Å². The van der Waals surface area contributed by atoms with Crippen LogP contribution in [0.15, 0.2) is 0 Å². The lowest BCUT2D eigenvalue weighted by molar-refractivity contribution is 0.0643. The van der Waals surface area contributed by atoms with Gasteiger partial charge in [-0.25, -0.2) is 0 Å². The molecule has 19 heavy (non-hydrogen) atoms. The Bertz CT molecular complexity index is 246. The second kappa shape index (κ2) is 7.08. The third-order valence-corrected chi connectivity index (χ3v) is 5.57. The second-order valence-electron chi connectivity index (χ2n) is 7.18. The highest BCUT2D eigenvalue weighted by atomic mass is 15.2. The Morgan fingerprint density at radius 2 is 1.53 bits per heavy atom. The van der Waals surface area contributed by atoms with E-state index in [9.17, 15) is 0 Å². The van der Waals surface area contributed by atoms with Gasteiger partial charge in [0, 0.05) is 12.1 Å². The summed E-state index contributed by atoms with van der Waals surface area (Å²) >= 11 is 0. The number of rotatable bonds is 4. The SMILES string of the molecule is CCN1CCC(CCN2C(C)CC(C)CC2C)CC1. The summed E-state index contributed by atoms with van der Waals surface area (Å²) in [4.78, 5) is 5.39. The third kappa shape index (κ3) is 4.19. The van der Waals surface area contributed by atoms with Gasteiger partial charge in [0.05, 0.1) is 0 Å². The molecule has 0 aliphatic carbocycles. The summed E-state index contributed by atoms with van der Waals surface area (Å²) < 4.78 is 0. The lowest BCUT2D eigenvalue weighted by Crippen LogP contribution is -2.47. The number of hydrogen-bond donors (Lipinski definition) is 0. The number of hydrogen-bond acceptors (Lipinski definition) is 2. The average molecular weight is 266 g/mol. The zero-order valence-corrected chi connectivity index (χ0v) is 13.6. The van der Waals surface area contributed by atoms with Crippen LogP contribution in [0.4, 0.5) is 0 Å². The van der Waals surface area contributed by atoms with Gasteiger partial charge < -0.3 is 4.90 Å². The van der Waals surface area contributed by atoms with Crippen molar-refractivity contribution in [3.63, 3.8) is 0 Å². The van der Waals surface area contributed by atoms with E-state index in [4.69, 9.17) is 0 Å². The summed E-state index contributed by atoms with van der Waals surface area (Å²) in [7, 11) is 0. The molecule has 0 aromatic rings. The fourth-order valence-electron chi connectivity index (χ4n) is 4.33. The van der Waals surface area contributed by atoms with E-state index in [0.717, 1.165) is 23.9 Å². The molecular formula is C17H34N2. The van der Waals surface area contributed by atoms with Crippen LogP contribution in [0.5, 0.6) is 0 Å². The van der Waals surface area contributed by atoms with Gasteiger partial charge in [-0.15, -0.1) is 0 Å². The molecule has 2 rings (SSSR count). The minimum atomic E-state index is 0.800. The maximum atomic E-state index is 2.78. The van der Waals surface area contributed by atoms with Crippen molar-refractivity contribution < 1.29 is 0 Å². The molecule has 0 aromatic carbocycles. The molecular weight excluding hydrogens is 232 g/mol. The maximum Gasteiger partial charge on any atom is 0.00722 e. The minimum absolute atomic E-state index is 0.800. The minimum Gasteiger partial charge on any atom is -0.304 e. The Morgan fingerprint density at radius 1 is 0.947 bits per heavy atom. The zero-order valence-electron chi connectivity index (χ0n) is 13.6. The average Bonchev–Trinajstić information content (AvgIpc) is 2.38. The summed E-state index contributed by atoms with van der Waals surface area (Å²) in [5.74, 6) is 1.91. The molecule has 0 N–H and O–H groups in total. The molecule has 2 aliphatic heterocycles. The molecule has 2 heterocycles. The highest BCUT2D eigenvalue weighted by Crippen LogP contribution is 2.29. The predicted molar refractivity (Wildman–Crippen MR) is 83.5 cm³/mol. The smallest absolute Gasteiger partial charge is 0.00722 e. The first kappa shape index (κ1) is 15.3. The van der Waals surface area contributed by atoms with Crippen molar-refractivity contribution in [3.8, 4) is 0 Å². The van der Waals surface area contributed by atoms with E-state index < -0.39 is 0 Å². The van der Waals surface area contributed by atoms with Crippen LogP contribution in [-0.4, -0.2) is 48.1 Å². The molecule has 112 valence electrons. The summed E-state index contributed by atoms with van der Waals surface area (Å²) in [5, 5.41) is 0. The van der Waals surface area contributed by atoms with E-state index in [0.29, 0.717) is 0 Å². The van der Waals surface area contributed by atoms with E-state index in [2.05, 4.69) is 37.5 Å². The highest BCUT2D eigenvalue weighted by molar-refractivity contribution is 4.83. The molecule has 2 atom stereocenters. The molecule has 0 spiro atoms. The standard InChI is InChI=1S/C17H34N2/c1-5-18-9-6-17(7-10-18)8-11-19-15(3)12-14(2)13-16(19)4/h14-17H,5-13H2,1-4H3. The Kier molecular flexibility index (Phi) is 5.70. The van der Waals surface area contributed by atoms with Crippen molar-refractivity contribution in [2.24, 2.45) is 11.8 Å². The van der Waals surface area contributed by atoms with Gasteiger partial charge in [0.15, 0.2) is 0 Å². The Morgan fingerprint density at radius 3 is 2.05 bits per heavy atom. The van der Waals surface area contributed by atoms with E-state index in [1.54, 1.807) is 0 Å². The first-order chi connectivity index (χ1) is 9.10. The molecule has 2 nitrogen and oxygen atoms in total. The summed E-state index contributed by atoms with van der Waals surface area (Å²) in [5.41, 5.74) is 0.